The van der Waals surface area contributed by atoms with Crippen molar-refractivity contribution in [1.82, 2.24) is 14.6 Å². The molecule has 100 valence electrons. The van der Waals surface area contributed by atoms with Crippen LogP contribution < -0.4 is 5.73 Å². The lowest BCUT2D eigenvalue weighted by Crippen LogP contribution is -2.13. The van der Waals surface area contributed by atoms with E-state index in [1.165, 1.54) is 10.7 Å². The van der Waals surface area contributed by atoms with E-state index in [2.05, 4.69) is 10.1 Å². The summed E-state index contributed by atoms with van der Waals surface area (Å²) in [7, 11) is 0. The first-order valence-electron chi connectivity index (χ1n) is 5.77. The molecule has 2 aromatic heterocycles. The number of aromatic nitrogens is 3. The van der Waals surface area contributed by atoms with Crippen molar-refractivity contribution >= 4 is 17.5 Å². The van der Waals surface area contributed by atoms with Gasteiger partial charge in [0.25, 0.3) is 5.91 Å². The Morgan fingerprint density at radius 2 is 2.11 bits per heavy atom. The van der Waals surface area contributed by atoms with Crippen molar-refractivity contribution in [3.05, 3.63) is 28.7 Å². The smallest absolute Gasteiger partial charge is 0.303 e. The van der Waals surface area contributed by atoms with Crippen LogP contribution in [-0.2, 0) is 11.2 Å². The van der Waals surface area contributed by atoms with Crippen LogP contribution in [0.4, 0.5) is 0 Å². The molecule has 0 aliphatic carbocycles. The van der Waals surface area contributed by atoms with Crippen LogP contribution in [0.15, 0.2) is 6.20 Å². The highest BCUT2D eigenvalue weighted by Crippen LogP contribution is 2.18. The summed E-state index contributed by atoms with van der Waals surface area (Å²) in [5, 5.41) is 12.8. The lowest BCUT2D eigenvalue weighted by molar-refractivity contribution is -0.136. The van der Waals surface area contributed by atoms with Crippen LogP contribution in [0.5, 0.6) is 0 Å². The van der Waals surface area contributed by atoms with E-state index < -0.39 is 11.9 Å². The van der Waals surface area contributed by atoms with E-state index in [0.29, 0.717) is 17.8 Å². The number of rotatable bonds is 4. The first-order valence-corrected chi connectivity index (χ1v) is 5.77. The standard InChI is InChI=1S/C12H14N4O3/c1-6-8(3-4-10(17)18)7(2)16-12(15-6)9(5-14-16)11(13)19/h5H,3-4H2,1-2H3,(H2,13,19)(H,17,18). The number of aryl methyl sites for hydroxylation is 2. The predicted octanol–water partition coefficient (Wildman–Crippen LogP) is 0.462. The molecule has 0 aliphatic heterocycles. The van der Waals surface area contributed by atoms with E-state index in [0.717, 1.165) is 11.3 Å². The highest BCUT2D eigenvalue weighted by molar-refractivity contribution is 5.98. The van der Waals surface area contributed by atoms with E-state index in [4.69, 9.17) is 10.8 Å². The van der Waals surface area contributed by atoms with Crippen LogP contribution in [0.3, 0.4) is 0 Å². The van der Waals surface area contributed by atoms with Gasteiger partial charge in [-0.15, -0.1) is 0 Å². The maximum atomic E-state index is 11.2. The Kier molecular flexibility index (Phi) is 3.20. The summed E-state index contributed by atoms with van der Waals surface area (Å²) < 4.78 is 1.52. The average molecular weight is 262 g/mol. The second-order valence-electron chi connectivity index (χ2n) is 4.31. The predicted molar refractivity (Wildman–Crippen MR) is 66.9 cm³/mol. The lowest BCUT2D eigenvalue weighted by Gasteiger charge is -2.10. The SMILES string of the molecule is Cc1nc2c(C(N)=O)cnn2c(C)c1CCC(=O)O. The molecule has 2 aromatic rings. The highest BCUT2D eigenvalue weighted by Gasteiger charge is 2.16. The number of carboxylic acid groups (broad SMARTS) is 1. The van der Waals surface area contributed by atoms with Gasteiger partial charge in [0.15, 0.2) is 5.65 Å². The molecule has 1 amide bonds. The molecule has 2 rings (SSSR count). The summed E-state index contributed by atoms with van der Waals surface area (Å²) in [6, 6.07) is 0. The molecule has 2 heterocycles. The minimum absolute atomic E-state index is 0.0266. The van der Waals surface area contributed by atoms with Gasteiger partial charge in [0.05, 0.1) is 6.20 Å². The summed E-state index contributed by atoms with van der Waals surface area (Å²) in [5.41, 5.74) is 8.21. The van der Waals surface area contributed by atoms with Gasteiger partial charge in [-0.3, -0.25) is 9.59 Å². The lowest BCUT2D eigenvalue weighted by atomic mass is 10.1. The molecule has 0 atom stereocenters. The topological polar surface area (TPSA) is 111 Å². The molecule has 3 N–H and O–H groups in total. The fourth-order valence-electron chi connectivity index (χ4n) is 2.08. The maximum Gasteiger partial charge on any atom is 0.303 e. The van der Waals surface area contributed by atoms with Gasteiger partial charge >= 0.3 is 5.97 Å². The van der Waals surface area contributed by atoms with Gasteiger partial charge in [-0.1, -0.05) is 0 Å². The van der Waals surface area contributed by atoms with Gasteiger partial charge in [0.2, 0.25) is 0 Å². The number of carbonyl (C=O) groups is 2. The molecule has 0 unspecified atom stereocenters. The highest BCUT2D eigenvalue weighted by atomic mass is 16.4. The number of fused-ring (bicyclic) bond motifs is 1. The molecular weight excluding hydrogens is 248 g/mol. The number of carboxylic acids is 1. The number of amides is 1. The summed E-state index contributed by atoms with van der Waals surface area (Å²) >= 11 is 0. The summed E-state index contributed by atoms with van der Waals surface area (Å²) in [6.45, 7) is 3.60. The third-order valence-corrected chi connectivity index (χ3v) is 3.06. The Bertz CT molecular complexity index is 675. The molecule has 0 saturated carbocycles. The number of hydrogen-bond donors (Lipinski definition) is 2. The van der Waals surface area contributed by atoms with Gasteiger partial charge in [0.1, 0.15) is 5.56 Å². The Hall–Kier alpha value is -2.44. The molecule has 0 radical (unpaired) electrons. The second-order valence-corrected chi connectivity index (χ2v) is 4.31. The second kappa shape index (κ2) is 4.68. The molecule has 7 nitrogen and oxygen atoms in total. The Labute approximate surface area is 109 Å². The summed E-state index contributed by atoms with van der Waals surface area (Å²) in [5.74, 6) is -1.45. The Morgan fingerprint density at radius 3 is 2.68 bits per heavy atom. The number of primary amides is 1. The third-order valence-electron chi connectivity index (χ3n) is 3.06. The quantitative estimate of drug-likeness (QED) is 0.831. The molecule has 0 aliphatic rings. The molecule has 0 saturated heterocycles. The Morgan fingerprint density at radius 1 is 1.42 bits per heavy atom. The van der Waals surface area contributed by atoms with Crippen LogP contribution in [0.25, 0.3) is 5.65 Å². The molecule has 0 aromatic carbocycles. The maximum absolute atomic E-state index is 11.2. The molecule has 7 heteroatoms. The van der Waals surface area contributed by atoms with E-state index in [1.54, 1.807) is 6.92 Å². The van der Waals surface area contributed by atoms with Crippen molar-refractivity contribution in [3.8, 4) is 0 Å². The summed E-state index contributed by atoms with van der Waals surface area (Å²) in [4.78, 5) is 26.2. The minimum Gasteiger partial charge on any atom is -0.481 e. The van der Waals surface area contributed by atoms with Crippen molar-refractivity contribution in [2.75, 3.05) is 0 Å². The fourth-order valence-corrected chi connectivity index (χ4v) is 2.08. The number of hydrogen-bond acceptors (Lipinski definition) is 4. The van der Waals surface area contributed by atoms with Gasteiger partial charge in [-0.2, -0.15) is 5.10 Å². The molecular formula is C12H14N4O3. The largest absolute Gasteiger partial charge is 0.481 e. The van der Waals surface area contributed by atoms with Crippen molar-refractivity contribution in [3.63, 3.8) is 0 Å². The van der Waals surface area contributed by atoms with Crippen LogP contribution in [0.2, 0.25) is 0 Å². The van der Waals surface area contributed by atoms with Crippen molar-refractivity contribution in [1.29, 1.82) is 0 Å². The molecule has 0 spiro atoms. The Balaban J connectivity index is 2.57. The molecule has 0 bridgehead atoms. The van der Waals surface area contributed by atoms with Crippen LogP contribution in [0.1, 0.15) is 33.7 Å². The minimum atomic E-state index is -0.864. The van der Waals surface area contributed by atoms with Gasteiger partial charge in [0, 0.05) is 17.8 Å². The van der Waals surface area contributed by atoms with Crippen LogP contribution in [0, 0.1) is 13.8 Å². The van der Waals surface area contributed by atoms with Gasteiger partial charge in [-0.25, -0.2) is 9.50 Å². The van der Waals surface area contributed by atoms with E-state index >= 15 is 0 Å². The summed E-state index contributed by atoms with van der Waals surface area (Å²) in [6.07, 6.45) is 1.78. The molecule has 19 heavy (non-hydrogen) atoms. The zero-order chi connectivity index (χ0) is 14.2. The molecule has 0 fully saturated rings. The zero-order valence-corrected chi connectivity index (χ0v) is 10.7. The van der Waals surface area contributed by atoms with Gasteiger partial charge < -0.3 is 10.8 Å². The van der Waals surface area contributed by atoms with Crippen LogP contribution in [-0.4, -0.2) is 31.6 Å². The van der Waals surface area contributed by atoms with Crippen LogP contribution >= 0.6 is 0 Å². The first-order chi connectivity index (χ1) is 8.91. The van der Waals surface area contributed by atoms with E-state index in [1.807, 2.05) is 6.92 Å². The third kappa shape index (κ3) is 2.26. The normalized spacial score (nSPS) is 10.8. The van der Waals surface area contributed by atoms with Crippen molar-refractivity contribution in [2.24, 2.45) is 5.73 Å². The van der Waals surface area contributed by atoms with Crippen molar-refractivity contribution < 1.29 is 14.7 Å². The average Bonchev–Trinajstić information content (AvgIpc) is 2.72. The van der Waals surface area contributed by atoms with E-state index in [9.17, 15) is 9.59 Å². The van der Waals surface area contributed by atoms with Gasteiger partial charge in [-0.05, 0) is 25.8 Å². The first kappa shape index (κ1) is 13.0. The number of nitrogens with zero attached hydrogens (tertiary/aromatic N) is 3. The number of aliphatic carboxylic acids is 1. The number of carbonyl (C=O) groups excluding carboxylic acids is 1. The van der Waals surface area contributed by atoms with Crippen molar-refractivity contribution in [2.45, 2.75) is 26.7 Å². The monoisotopic (exact) mass is 262 g/mol. The number of nitrogens with two attached hydrogens (primary N) is 1. The van der Waals surface area contributed by atoms with E-state index in [-0.39, 0.29) is 12.0 Å². The fraction of sp³-hybridized carbons (Fsp3) is 0.333. The zero-order valence-electron chi connectivity index (χ0n) is 10.7.